The van der Waals surface area contributed by atoms with Crippen molar-refractivity contribution in [2.45, 2.75) is 13.5 Å². The minimum absolute atomic E-state index is 0.113. The molecule has 0 unspecified atom stereocenters. The van der Waals surface area contributed by atoms with Crippen LogP contribution in [0.2, 0.25) is 0 Å². The SMILES string of the molecule is Cc1ccc(-c2noc(-c3cc4cccc(OCc5ccccc5)c4oc3=O)n2)cc1. The molecule has 5 aromatic rings. The second-order valence-corrected chi connectivity index (χ2v) is 7.19. The lowest BCUT2D eigenvalue weighted by molar-refractivity contribution is 0.304. The molecule has 0 atom stereocenters. The molecule has 0 bridgehead atoms. The topological polar surface area (TPSA) is 78.4 Å². The molecule has 0 radical (unpaired) electrons. The van der Waals surface area contributed by atoms with Crippen molar-refractivity contribution in [3.8, 4) is 28.6 Å². The lowest BCUT2D eigenvalue weighted by Crippen LogP contribution is -2.04. The van der Waals surface area contributed by atoms with Crippen LogP contribution in [0.5, 0.6) is 5.75 Å². The Morgan fingerprint density at radius 1 is 0.935 bits per heavy atom. The third kappa shape index (κ3) is 3.83. The maximum Gasteiger partial charge on any atom is 0.349 e. The van der Waals surface area contributed by atoms with Gasteiger partial charge in [0.15, 0.2) is 11.3 Å². The van der Waals surface area contributed by atoms with Gasteiger partial charge in [0.1, 0.15) is 12.2 Å². The van der Waals surface area contributed by atoms with Gasteiger partial charge in [0.25, 0.3) is 5.89 Å². The molecule has 0 spiro atoms. The summed E-state index contributed by atoms with van der Waals surface area (Å²) in [7, 11) is 0. The second-order valence-electron chi connectivity index (χ2n) is 7.19. The van der Waals surface area contributed by atoms with Gasteiger partial charge in [0, 0.05) is 10.9 Å². The van der Waals surface area contributed by atoms with Crippen LogP contribution in [0.4, 0.5) is 0 Å². The Morgan fingerprint density at radius 3 is 2.55 bits per heavy atom. The van der Waals surface area contributed by atoms with Gasteiger partial charge in [-0.2, -0.15) is 4.98 Å². The van der Waals surface area contributed by atoms with Crippen molar-refractivity contribution in [1.82, 2.24) is 10.1 Å². The molecule has 152 valence electrons. The zero-order valence-corrected chi connectivity index (χ0v) is 16.7. The average molecular weight is 410 g/mol. The number of fused-ring (bicyclic) bond motifs is 1. The molecule has 2 heterocycles. The predicted octanol–water partition coefficient (Wildman–Crippen LogP) is 5.40. The zero-order valence-electron chi connectivity index (χ0n) is 16.7. The fraction of sp³-hybridized carbons (Fsp3) is 0.0800. The highest BCUT2D eigenvalue weighted by molar-refractivity contribution is 5.85. The van der Waals surface area contributed by atoms with Crippen LogP contribution >= 0.6 is 0 Å². The smallest absolute Gasteiger partial charge is 0.349 e. The molecule has 2 aromatic heterocycles. The quantitative estimate of drug-likeness (QED) is 0.361. The van der Waals surface area contributed by atoms with E-state index in [4.69, 9.17) is 13.7 Å². The third-order valence-corrected chi connectivity index (χ3v) is 4.93. The summed E-state index contributed by atoms with van der Waals surface area (Å²) in [6, 6.07) is 24.7. The number of benzene rings is 3. The fourth-order valence-corrected chi connectivity index (χ4v) is 3.27. The van der Waals surface area contributed by atoms with Crippen molar-refractivity contribution in [2.75, 3.05) is 0 Å². The molecule has 6 heteroatoms. The Labute approximate surface area is 177 Å². The van der Waals surface area contributed by atoms with Gasteiger partial charge < -0.3 is 13.7 Å². The molecule has 0 aliphatic carbocycles. The van der Waals surface area contributed by atoms with Crippen molar-refractivity contribution in [3.05, 3.63) is 100 Å². The van der Waals surface area contributed by atoms with E-state index in [0.717, 1.165) is 16.7 Å². The molecule has 5 rings (SSSR count). The Balaban J connectivity index is 1.48. The van der Waals surface area contributed by atoms with Gasteiger partial charge in [-0.3, -0.25) is 0 Å². The van der Waals surface area contributed by atoms with Gasteiger partial charge >= 0.3 is 5.63 Å². The highest BCUT2D eigenvalue weighted by Crippen LogP contribution is 2.28. The summed E-state index contributed by atoms with van der Waals surface area (Å²) >= 11 is 0. The Hall–Kier alpha value is -4.19. The number of rotatable bonds is 5. The van der Waals surface area contributed by atoms with Crippen LogP contribution in [-0.4, -0.2) is 10.1 Å². The van der Waals surface area contributed by atoms with Crippen LogP contribution in [0.3, 0.4) is 0 Å². The lowest BCUT2D eigenvalue weighted by Gasteiger charge is -2.08. The van der Waals surface area contributed by atoms with Crippen LogP contribution in [0.1, 0.15) is 11.1 Å². The van der Waals surface area contributed by atoms with E-state index >= 15 is 0 Å². The number of nitrogens with zero attached hydrogens (tertiary/aromatic N) is 2. The third-order valence-electron chi connectivity index (χ3n) is 4.93. The first kappa shape index (κ1) is 18.8. The molecule has 31 heavy (non-hydrogen) atoms. The molecule has 0 amide bonds. The Bertz CT molecular complexity index is 1400. The van der Waals surface area contributed by atoms with Crippen molar-refractivity contribution in [1.29, 1.82) is 0 Å². The first-order valence-corrected chi connectivity index (χ1v) is 9.82. The van der Waals surface area contributed by atoms with Gasteiger partial charge in [-0.1, -0.05) is 77.5 Å². The van der Waals surface area contributed by atoms with Crippen molar-refractivity contribution >= 4 is 11.0 Å². The molecular formula is C25H18N2O4. The number of hydrogen-bond donors (Lipinski definition) is 0. The first-order valence-electron chi connectivity index (χ1n) is 9.82. The maximum atomic E-state index is 12.7. The zero-order chi connectivity index (χ0) is 21.2. The van der Waals surface area contributed by atoms with Crippen LogP contribution in [0.25, 0.3) is 33.8 Å². The molecule has 0 N–H and O–H groups in total. The summed E-state index contributed by atoms with van der Waals surface area (Å²) in [4.78, 5) is 17.1. The molecular weight excluding hydrogens is 392 g/mol. The van der Waals surface area contributed by atoms with E-state index in [0.29, 0.717) is 29.2 Å². The predicted molar refractivity (Wildman–Crippen MR) is 117 cm³/mol. The minimum Gasteiger partial charge on any atom is -0.485 e. The second kappa shape index (κ2) is 7.91. The summed E-state index contributed by atoms with van der Waals surface area (Å²) in [5.74, 6) is 1.02. The van der Waals surface area contributed by atoms with Crippen LogP contribution in [0, 0.1) is 6.92 Å². The normalized spacial score (nSPS) is 11.0. The van der Waals surface area contributed by atoms with E-state index in [1.54, 1.807) is 12.1 Å². The summed E-state index contributed by atoms with van der Waals surface area (Å²) in [5, 5.41) is 4.71. The summed E-state index contributed by atoms with van der Waals surface area (Å²) < 4.78 is 16.8. The average Bonchev–Trinajstić information content (AvgIpc) is 3.28. The fourth-order valence-electron chi connectivity index (χ4n) is 3.27. The van der Waals surface area contributed by atoms with Gasteiger partial charge in [0.2, 0.25) is 5.82 Å². The van der Waals surface area contributed by atoms with Gasteiger partial charge in [-0.15, -0.1) is 0 Å². The van der Waals surface area contributed by atoms with Gasteiger partial charge in [0.05, 0.1) is 0 Å². The number of ether oxygens (including phenoxy) is 1. The number of para-hydroxylation sites is 1. The first-order chi connectivity index (χ1) is 15.2. The molecule has 6 nitrogen and oxygen atoms in total. The van der Waals surface area contributed by atoms with Crippen molar-refractivity contribution in [2.24, 2.45) is 0 Å². The Morgan fingerprint density at radius 2 is 1.74 bits per heavy atom. The van der Waals surface area contributed by atoms with E-state index in [2.05, 4.69) is 10.1 Å². The van der Waals surface area contributed by atoms with E-state index in [9.17, 15) is 4.79 Å². The van der Waals surface area contributed by atoms with Gasteiger partial charge in [-0.25, -0.2) is 4.79 Å². The molecule has 0 saturated carbocycles. The highest BCUT2D eigenvalue weighted by Gasteiger charge is 2.17. The molecule has 0 aliphatic rings. The number of aryl methyl sites for hydroxylation is 1. The molecule has 0 fully saturated rings. The lowest BCUT2D eigenvalue weighted by atomic mass is 10.1. The van der Waals surface area contributed by atoms with Crippen molar-refractivity contribution in [3.63, 3.8) is 0 Å². The summed E-state index contributed by atoms with van der Waals surface area (Å²) in [5.41, 5.74) is 2.98. The van der Waals surface area contributed by atoms with E-state index in [1.807, 2.05) is 73.7 Å². The molecule has 3 aromatic carbocycles. The van der Waals surface area contributed by atoms with Crippen molar-refractivity contribution < 1.29 is 13.7 Å². The highest BCUT2D eigenvalue weighted by atomic mass is 16.5. The number of aromatic nitrogens is 2. The standard InChI is InChI=1S/C25H18N2O4/c1-16-10-12-18(13-11-16)23-26-24(31-27-23)20-14-19-8-5-9-21(22(19)30-25(20)28)29-15-17-6-3-2-4-7-17/h2-14H,15H2,1H3. The Kier molecular flexibility index (Phi) is 4.80. The maximum absolute atomic E-state index is 12.7. The van der Waals surface area contributed by atoms with E-state index in [1.165, 1.54) is 0 Å². The van der Waals surface area contributed by atoms with Crippen LogP contribution in [-0.2, 0) is 6.61 Å². The molecule has 0 aliphatic heterocycles. The summed E-state index contributed by atoms with van der Waals surface area (Å²) in [6.45, 7) is 2.37. The number of hydrogen-bond acceptors (Lipinski definition) is 6. The molecule has 0 saturated heterocycles. The van der Waals surface area contributed by atoms with Crippen LogP contribution < -0.4 is 10.4 Å². The van der Waals surface area contributed by atoms with E-state index in [-0.39, 0.29) is 11.5 Å². The summed E-state index contributed by atoms with van der Waals surface area (Å²) in [6.07, 6.45) is 0. The monoisotopic (exact) mass is 410 g/mol. The largest absolute Gasteiger partial charge is 0.485 e. The van der Waals surface area contributed by atoms with Crippen LogP contribution in [0.15, 0.2) is 92.6 Å². The van der Waals surface area contributed by atoms with Gasteiger partial charge in [-0.05, 0) is 24.6 Å². The minimum atomic E-state index is -0.567. The van der Waals surface area contributed by atoms with E-state index < -0.39 is 5.63 Å².